The molecule has 0 saturated carbocycles. The lowest BCUT2D eigenvalue weighted by Gasteiger charge is -2.24. The van der Waals surface area contributed by atoms with Gasteiger partial charge in [-0.2, -0.15) is 0 Å². The fraction of sp³-hybridized carbons (Fsp3) is 0.312. The number of amides is 1. The Morgan fingerprint density at radius 3 is 3.00 bits per heavy atom. The molecule has 1 aliphatic carbocycles. The van der Waals surface area contributed by atoms with E-state index in [2.05, 4.69) is 10.6 Å². The van der Waals surface area contributed by atoms with Crippen LogP contribution < -0.4 is 10.6 Å². The summed E-state index contributed by atoms with van der Waals surface area (Å²) in [6.07, 6.45) is 5.01. The molecule has 4 nitrogen and oxygen atoms in total. The summed E-state index contributed by atoms with van der Waals surface area (Å²) >= 11 is 0. The molecule has 1 aliphatic rings. The van der Waals surface area contributed by atoms with Gasteiger partial charge in [0, 0.05) is 30.3 Å². The third-order valence-corrected chi connectivity index (χ3v) is 3.58. The largest absolute Gasteiger partial charge is 0.469 e. The Morgan fingerprint density at radius 2 is 2.15 bits per heavy atom. The molecule has 0 saturated heterocycles. The van der Waals surface area contributed by atoms with Crippen LogP contribution in [0.4, 0.5) is 11.4 Å². The van der Waals surface area contributed by atoms with Crippen molar-refractivity contribution in [2.75, 3.05) is 10.6 Å². The first-order valence-electron chi connectivity index (χ1n) is 6.93. The zero-order valence-corrected chi connectivity index (χ0v) is 11.5. The Hall–Kier alpha value is -2.23. The molecule has 1 unspecified atom stereocenters. The molecule has 2 N–H and O–H groups in total. The van der Waals surface area contributed by atoms with Crippen LogP contribution in [-0.4, -0.2) is 5.91 Å². The number of aryl methyl sites for hydroxylation is 1. The normalized spacial score (nSPS) is 17.4. The fourth-order valence-electron chi connectivity index (χ4n) is 2.73. The zero-order chi connectivity index (χ0) is 13.9. The van der Waals surface area contributed by atoms with E-state index >= 15 is 0 Å². The molecule has 104 valence electrons. The molecule has 0 spiro atoms. The first-order chi connectivity index (χ1) is 9.72. The van der Waals surface area contributed by atoms with Crippen LogP contribution in [0.15, 0.2) is 41.0 Å². The maximum absolute atomic E-state index is 11.1. The highest BCUT2D eigenvalue weighted by molar-refractivity contribution is 5.89. The average Bonchev–Trinajstić information content (AvgIpc) is 2.88. The number of carbonyl (C=O) groups is 1. The van der Waals surface area contributed by atoms with Gasteiger partial charge in [-0.05, 0) is 37.1 Å². The van der Waals surface area contributed by atoms with E-state index in [1.807, 2.05) is 30.3 Å². The van der Waals surface area contributed by atoms with Crippen molar-refractivity contribution in [2.24, 2.45) is 0 Å². The van der Waals surface area contributed by atoms with E-state index in [1.165, 1.54) is 12.5 Å². The predicted octanol–water partition coefficient (Wildman–Crippen LogP) is 3.73. The van der Waals surface area contributed by atoms with Gasteiger partial charge in [-0.3, -0.25) is 4.79 Å². The van der Waals surface area contributed by atoms with Crippen LogP contribution in [0.3, 0.4) is 0 Å². The Bertz CT molecular complexity index is 618. The van der Waals surface area contributed by atoms with Gasteiger partial charge in [0.25, 0.3) is 0 Å². The van der Waals surface area contributed by atoms with E-state index in [-0.39, 0.29) is 11.9 Å². The van der Waals surface area contributed by atoms with Gasteiger partial charge in [-0.25, -0.2) is 0 Å². The topological polar surface area (TPSA) is 54.3 Å². The second kappa shape index (κ2) is 5.41. The van der Waals surface area contributed by atoms with Crippen molar-refractivity contribution in [1.82, 2.24) is 0 Å². The van der Waals surface area contributed by atoms with Crippen LogP contribution in [-0.2, 0) is 11.2 Å². The van der Waals surface area contributed by atoms with Crippen LogP contribution >= 0.6 is 0 Å². The molecule has 2 aromatic rings. The number of hydrogen-bond acceptors (Lipinski definition) is 3. The van der Waals surface area contributed by atoms with E-state index in [9.17, 15) is 4.79 Å². The molecule has 20 heavy (non-hydrogen) atoms. The van der Waals surface area contributed by atoms with E-state index in [4.69, 9.17) is 4.42 Å². The number of fused-ring (bicyclic) bond motifs is 1. The van der Waals surface area contributed by atoms with Crippen LogP contribution in [0.1, 0.15) is 37.1 Å². The van der Waals surface area contributed by atoms with Crippen LogP contribution in [0.5, 0.6) is 0 Å². The number of nitrogens with one attached hydrogen (secondary N) is 2. The van der Waals surface area contributed by atoms with E-state index in [1.54, 1.807) is 6.26 Å². The minimum absolute atomic E-state index is 0.0584. The van der Waals surface area contributed by atoms with Crippen molar-refractivity contribution >= 4 is 17.3 Å². The van der Waals surface area contributed by atoms with Gasteiger partial charge in [-0.1, -0.05) is 6.07 Å². The maximum Gasteiger partial charge on any atom is 0.221 e. The Labute approximate surface area is 118 Å². The van der Waals surface area contributed by atoms with Gasteiger partial charge >= 0.3 is 0 Å². The molecular formula is C16H18N2O2. The second-order valence-corrected chi connectivity index (χ2v) is 5.15. The highest BCUT2D eigenvalue weighted by Crippen LogP contribution is 2.33. The van der Waals surface area contributed by atoms with Gasteiger partial charge < -0.3 is 15.1 Å². The molecule has 1 aromatic carbocycles. The van der Waals surface area contributed by atoms with Crippen LogP contribution in [0.2, 0.25) is 0 Å². The van der Waals surface area contributed by atoms with Gasteiger partial charge in [0.2, 0.25) is 5.91 Å². The average molecular weight is 270 g/mol. The summed E-state index contributed by atoms with van der Waals surface area (Å²) < 4.78 is 5.50. The summed E-state index contributed by atoms with van der Waals surface area (Å²) in [5.74, 6) is 1.03. The summed E-state index contributed by atoms with van der Waals surface area (Å²) in [4.78, 5) is 11.1. The third kappa shape index (κ3) is 2.69. The molecule has 4 heteroatoms. The molecule has 0 radical (unpaired) electrons. The standard InChI is InChI=1S/C16H18N2O2/c1-11(19)17-12-4-2-5-13(10-12)18-15-6-3-7-16-14(15)8-9-20-16/h2,4-5,8-10,15,18H,3,6-7H2,1H3,(H,17,19). The van der Waals surface area contributed by atoms with E-state index in [0.29, 0.717) is 0 Å². The minimum atomic E-state index is -0.0584. The van der Waals surface area contributed by atoms with Crippen LogP contribution in [0, 0.1) is 0 Å². The number of furan rings is 1. The summed E-state index contributed by atoms with van der Waals surface area (Å²) in [5.41, 5.74) is 3.07. The van der Waals surface area contributed by atoms with Crippen LogP contribution in [0.25, 0.3) is 0 Å². The summed E-state index contributed by atoms with van der Waals surface area (Å²) in [7, 11) is 0. The molecule has 0 fully saturated rings. The van der Waals surface area contributed by atoms with Gasteiger partial charge in [0.05, 0.1) is 12.3 Å². The van der Waals surface area contributed by atoms with Gasteiger partial charge in [0.15, 0.2) is 0 Å². The SMILES string of the molecule is CC(=O)Nc1cccc(NC2CCCc3occc32)c1. The highest BCUT2D eigenvalue weighted by Gasteiger charge is 2.22. The summed E-state index contributed by atoms with van der Waals surface area (Å²) in [6.45, 7) is 1.51. The predicted molar refractivity (Wildman–Crippen MR) is 78.8 cm³/mol. The van der Waals surface area contributed by atoms with E-state index < -0.39 is 0 Å². The smallest absolute Gasteiger partial charge is 0.221 e. The van der Waals surface area contributed by atoms with Crippen molar-refractivity contribution in [1.29, 1.82) is 0 Å². The number of anilines is 2. The minimum Gasteiger partial charge on any atom is -0.469 e. The van der Waals surface area contributed by atoms with Crippen molar-refractivity contribution in [2.45, 2.75) is 32.2 Å². The number of hydrogen-bond donors (Lipinski definition) is 2. The first-order valence-corrected chi connectivity index (χ1v) is 6.93. The maximum atomic E-state index is 11.1. The molecule has 1 amide bonds. The lowest BCUT2D eigenvalue weighted by molar-refractivity contribution is -0.114. The van der Waals surface area contributed by atoms with Crippen molar-refractivity contribution in [3.05, 3.63) is 47.9 Å². The summed E-state index contributed by atoms with van der Waals surface area (Å²) in [5, 5.41) is 6.32. The Balaban J connectivity index is 1.77. The number of carbonyl (C=O) groups excluding carboxylic acids is 1. The van der Waals surface area contributed by atoms with E-state index in [0.717, 1.165) is 36.4 Å². The lowest BCUT2D eigenvalue weighted by Crippen LogP contribution is -2.16. The second-order valence-electron chi connectivity index (χ2n) is 5.15. The third-order valence-electron chi connectivity index (χ3n) is 3.58. The van der Waals surface area contributed by atoms with Crippen molar-refractivity contribution in [3.8, 4) is 0 Å². The van der Waals surface area contributed by atoms with Crippen molar-refractivity contribution in [3.63, 3.8) is 0 Å². The lowest BCUT2D eigenvalue weighted by atomic mass is 9.93. The van der Waals surface area contributed by atoms with Crippen molar-refractivity contribution < 1.29 is 9.21 Å². The molecule has 1 aromatic heterocycles. The molecule has 1 atom stereocenters. The molecule has 0 aliphatic heterocycles. The number of benzene rings is 1. The number of rotatable bonds is 3. The highest BCUT2D eigenvalue weighted by atomic mass is 16.3. The molecule has 1 heterocycles. The van der Waals surface area contributed by atoms with Gasteiger partial charge in [0.1, 0.15) is 5.76 Å². The monoisotopic (exact) mass is 270 g/mol. The Kier molecular flexibility index (Phi) is 3.46. The Morgan fingerprint density at radius 1 is 1.30 bits per heavy atom. The first kappa shape index (κ1) is 12.8. The quantitative estimate of drug-likeness (QED) is 0.893. The molecule has 0 bridgehead atoms. The molecular weight excluding hydrogens is 252 g/mol. The summed E-state index contributed by atoms with van der Waals surface area (Å²) in [6, 6.07) is 10.1. The molecule has 3 rings (SSSR count). The van der Waals surface area contributed by atoms with Gasteiger partial charge in [-0.15, -0.1) is 0 Å². The fourth-order valence-corrected chi connectivity index (χ4v) is 2.73. The zero-order valence-electron chi connectivity index (χ0n) is 11.5.